The van der Waals surface area contributed by atoms with Crippen molar-refractivity contribution >= 4 is 5.78 Å². The van der Waals surface area contributed by atoms with E-state index in [4.69, 9.17) is 9.47 Å². The fraction of sp³-hybridized carbons (Fsp3) is 0.562. The van der Waals surface area contributed by atoms with Crippen LogP contribution in [0.3, 0.4) is 0 Å². The molecule has 0 aliphatic carbocycles. The number of morpholine rings is 1. The van der Waals surface area contributed by atoms with E-state index in [0.29, 0.717) is 24.5 Å². The van der Waals surface area contributed by atoms with E-state index in [-0.39, 0.29) is 24.5 Å². The van der Waals surface area contributed by atoms with Gasteiger partial charge < -0.3 is 9.47 Å². The van der Waals surface area contributed by atoms with E-state index in [1.54, 1.807) is 0 Å². The van der Waals surface area contributed by atoms with Gasteiger partial charge in [0.05, 0.1) is 31.9 Å². The van der Waals surface area contributed by atoms with Gasteiger partial charge >= 0.3 is 0 Å². The van der Waals surface area contributed by atoms with Crippen LogP contribution in [0.5, 0.6) is 5.75 Å². The lowest BCUT2D eigenvalue weighted by Crippen LogP contribution is -2.50. The Kier molecular flexibility index (Phi) is 5.31. The van der Waals surface area contributed by atoms with Gasteiger partial charge in [0.15, 0.2) is 5.78 Å². The summed E-state index contributed by atoms with van der Waals surface area (Å²) in [5, 5.41) is 0. The minimum absolute atomic E-state index is 0.106. The van der Waals surface area contributed by atoms with Gasteiger partial charge in [-0.3, -0.25) is 9.69 Å². The minimum Gasteiger partial charge on any atom is -0.496 e. The maximum absolute atomic E-state index is 13.4. The highest BCUT2D eigenvalue weighted by Crippen LogP contribution is 2.22. The molecule has 1 aliphatic heterocycles. The number of rotatable bonds is 5. The summed E-state index contributed by atoms with van der Waals surface area (Å²) in [5.74, 6) is -0.142. The highest BCUT2D eigenvalue weighted by molar-refractivity contribution is 6.00. The van der Waals surface area contributed by atoms with Gasteiger partial charge in [-0.1, -0.05) is 6.92 Å². The first-order valence-corrected chi connectivity index (χ1v) is 7.27. The third-order valence-corrected chi connectivity index (χ3v) is 3.86. The van der Waals surface area contributed by atoms with E-state index in [0.717, 1.165) is 6.42 Å². The Hall–Kier alpha value is -1.46. The number of hydrogen-bond acceptors (Lipinski definition) is 4. The first kappa shape index (κ1) is 15.9. The molecular weight excluding hydrogens is 273 g/mol. The summed E-state index contributed by atoms with van der Waals surface area (Å²) in [7, 11) is 1.48. The van der Waals surface area contributed by atoms with Gasteiger partial charge in [-0.15, -0.1) is 0 Å². The average molecular weight is 295 g/mol. The molecule has 0 radical (unpaired) electrons. The van der Waals surface area contributed by atoms with Crippen LogP contribution in [0.2, 0.25) is 0 Å². The monoisotopic (exact) mass is 295 g/mol. The molecule has 2 unspecified atom stereocenters. The second-order valence-corrected chi connectivity index (χ2v) is 5.40. The number of benzene rings is 1. The van der Waals surface area contributed by atoms with E-state index in [2.05, 4.69) is 11.8 Å². The van der Waals surface area contributed by atoms with Gasteiger partial charge in [0, 0.05) is 12.6 Å². The lowest BCUT2D eigenvalue weighted by molar-refractivity contribution is -0.0523. The Labute approximate surface area is 124 Å². The van der Waals surface area contributed by atoms with Crippen molar-refractivity contribution in [1.29, 1.82) is 0 Å². The second kappa shape index (κ2) is 7.00. The van der Waals surface area contributed by atoms with Crippen LogP contribution in [0.15, 0.2) is 18.2 Å². The number of carbonyl (C=O) groups excluding carboxylic acids is 1. The van der Waals surface area contributed by atoms with Crippen molar-refractivity contribution in [2.75, 3.05) is 26.8 Å². The van der Waals surface area contributed by atoms with Crippen molar-refractivity contribution in [2.45, 2.75) is 32.4 Å². The highest BCUT2D eigenvalue weighted by Gasteiger charge is 2.28. The van der Waals surface area contributed by atoms with Crippen LogP contribution in [-0.2, 0) is 4.74 Å². The number of nitrogens with zero attached hydrogens (tertiary/aromatic N) is 1. The summed E-state index contributed by atoms with van der Waals surface area (Å²) in [4.78, 5) is 14.6. The Morgan fingerprint density at radius 1 is 1.52 bits per heavy atom. The Balaban J connectivity index is 2.14. The van der Waals surface area contributed by atoms with E-state index in [9.17, 15) is 9.18 Å². The first-order chi connectivity index (χ1) is 10.0. The third-order valence-electron chi connectivity index (χ3n) is 3.86. The number of hydrogen-bond donors (Lipinski definition) is 0. The van der Waals surface area contributed by atoms with Crippen LogP contribution >= 0.6 is 0 Å². The zero-order valence-corrected chi connectivity index (χ0v) is 12.8. The van der Waals surface area contributed by atoms with Crippen LogP contribution in [-0.4, -0.2) is 49.6 Å². The number of ether oxygens (including phenoxy) is 2. The van der Waals surface area contributed by atoms with Gasteiger partial charge in [-0.05, 0) is 31.5 Å². The number of methoxy groups -OCH3 is 1. The molecule has 0 saturated carbocycles. The number of ketones is 1. The molecule has 0 spiro atoms. The highest BCUT2D eigenvalue weighted by atomic mass is 19.1. The third kappa shape index (κ3) is 3.80. The van der Waals surface area contributed by atoms with E-state index < -0.39 is 5.82 Å². The summed E-state index contributed by atoms with van der Waals surface area (Å²) >= 11 is 0. The standard InChI is InChI=1S/C16H22FNO3/c1-4-13-10-21-11(2)8-18(13)9-15(19)14-7-12(17)5-6-16(14)20-3/h5-7,11,13H,4,8-10H2,1-3H3. The summed E-state index contributed by atoms with van der Waals surface area (Å²) in [5.41, 5.74) is 0.298. The predicted octanol–water partition coefficient (Wildman–Crippen LogP) is 2.52. The van der Waals surface area contributed by atoms with Crippen molar-refractivity contribution in [3.05, 3.63) is 29.6 Å². The molecule has 0 amide bonds. The maximum atomic E-state index is 13.4. The smallest absolute Gasteiger partial charge is 0.180 e. The van der Waals surface area contributed by atoms with Gasteiger partial charge in [0.25, 0.3) is 0 Å². The Morgan fingerprint density at radius 2 is 2.29 bits per heavy atom. The lowest BCUT2D eigenvalue weighted by Gasteiger charge is -2.37. The molecule has 1 aromatic carbocycles. The fourth-order valence-electron chi connectivity index (χ4n) is 2.65. The van der Waals surface area contributed by atoms with Crippen molar-refractivity contribution < 1.29 is 18.7 Å². The molecule has 21 heavy (non-hydrogen) atoms. The van der Waals surface area contributed by atoms with Crippen LogP contribution in [0.4, 0.5) is 4.39 Å². The Bertz CT molecular complexity index is 506. The number of Topliss-reactive ketones (excluding diaryl/α,β-unsaturated/α-hetero) is 1. The summed E-state index contributed by atoms with van der Waals surface area (Å²) in [6, 6.07) is 4.25. The number of carbonyl (C=O) groups is 1. The molecule has 2 atom stereocenters. The fourth-order valence-corrected chi connectivity index (χ4v) is 2.65. The van der Waals surface area contributed by atoms with E-state index in [1.165, 1.54) is 25.3 Å². The molecule has 2 rings (SSSR count). The van der Waals surface area contributed by atoms with Crippen molar-refractivity contribution in [3.8, 4) is 5.75 Å². The molecule has 0 N–H and O–H groups in total. The molecule has 0 bridgehead atoms. The Morgan fingerprint density at radius 3 is 2.95 bits per heavy atom. The molecule has 1 fully saturated rings. The molecule has 1 heterocycles. The molecule has 4 nitrogen and oxygen atoms in total. The normalized spacial score (nSPS) is 23.0. The van der Waals surface area contributed by atoms with Crippen LogP contribution in [0, 0.1) is 5.82 Å². The molecular formula is C16H22FNO3. The van der Waals surface area contributed by atoms with E-state index in [1.807, 2.05) is 6.92 Å². The number of halogens is 1. The van der Waals surface area contributed by atoms with Gasteiger partial charge in [0.1, 0.15) is 11.6 Å². The summed E-state index contributed by atoms with van der Waals surface area (Å²) in [6.45, 7) is 5.66. The summed E-state index contributed by atoms with van der Waals surface area (Å²) in [6.07, 6.45) is 1.02. The lowest BCUT2D eigenvalue weighted by atomic mass is 10.1. The molecule has 1 aliphatic rings. The SMILES string of the molecule is CCC1COC(C)CN1CC(=O)c1cc(F)ccc1OC. The predicted molar refractivity (Wildman–Crippen MR) is 78.3 cm³/mol. The molecule has 1 saturated heterocycles. The first-order valence-electron chi connectivity index (χ1n) is 7.27. The van der Waals surface area contributed by atoms with Gasteiger partial charge in [0.2, 0.25) is 0 Å². The molecule has 5 heteroatoms. The molecule has 0 aromatic heterocycles. The van der Waals surface area contributed by atoms with Crippen molar-refractivity contribution in [1.82, 2.24) is 4.90 Å². The zero-order chi connectivity index (χ0) is 15.4. The van der Waals surface area contributed by atoms with Crippen LogP contribution < -0.4 is 4.74 Å². The largest absolute Gasteiger partial charge is 0.496 e. The summed E-state index contributed by atoms with van der Waals surface area (Å²) < 4.78 is 24.2. The van der Waals surface area contributed by atoms with E-state index >= 15 is 0 Å². The average Bonchev–Trinajstić information content (AvgIpc) is 2.47. The van der Waals surface area contributed by atoms with Crippen LogP contribution in [0.1, 0.15) is 30.6 Å². The zero-order valence-electron chi connectivity index (χ0n) is 12.8. The topological polar surface area (TPSA) is 38.8 Å². The second-order valence-electron chi connectivity index (χ2n) is 5.40. The quantitative estimate of drug-likeness (QED) is 0.783. The van der Waals surface area contributed by atoms with Gasteiger partial charge in [-0.25, -0.2) is 4.39 Å². The van der Waals surface area contributed by atoms with Gasteiger partial charge in [-0.2, -0.15) is 0 Å². The minimum atomic E-state index is -0.429. The van der Waals surface area contributed by atoms with Crippen molar-refractivity contribution in [3.63, 3.8) is 0 Å². The molecule has 116 valence electrons. The van der Waals surface area contributed by atoms with Crippen LogP contribution in [0.25, 0.3) is 0 Å². The van der Waals surface area contributed by atoms with Crippen molar-refractivity contribution in [2.24, 2.45) is 0 Å². The molecule has 1 aromatic rings. The maximum Gasteiger partial charge on any atom is 0.180 e.